The molecule has 0 aliphatic carbocycles. The number of guanidine groups is 1. The Morgan fingerprint density at radius 3 is 2.48 bits per heavy atom. The summed E-state index contributed by atoms with van der Waals surface area (Å²) in [5.41, 5.74) is 13.9. The summed E-state index contributed by atoms with van der Waals surface area (Å²) in [4.78, 5) is 12.1. The normalized spacial score (nSPS) is 16.1. The van der Waals surface area contributed by atoms with E-state index in [4.69, 9.17) is 16.2 Å². The summed E-state index contributed by atoms with van der Waals surface area (Å²) >= 11 is 0. The van der Waals surface area contributed by atoms with E-state index in [0.29, 0.717) is 17.7 Å². The Balaban J connectivity index is 1.73. The molecule has 0 saturated heterocycles. The lowest BCUT2D eigenvalue weighted by Gasteiger charge is -2.13. The highest BCUT2D eigenvalue weighted by Gasteiger charge is 2.31. The molecule has 0 bridgehead atoms. The number of esters is 1. The lowest BCUT2D eigenvalue weighted by molar-refractivity contribution is 0.0400. The fraction of sp³-hybridized carbons (Fsp3) is 0.0952. The maximum Gasteiger partial charge on any atom is 0.339 e. The van der Waals surface area contributed by atoms with Gasteiger partial charge in [-0.15, -0.1) is 5.10 Å². The third-order valence-corrected chi connectivity index (χ3v) is 4.52. The third-order valence-electron chi connectivity index (χ3n) is 4.52. The van der Waals surface area contributed by atoms with E-state index in [2.05, 4.69) is 10.2 Å². The highest BCUT2D eigenvalue weighted by atomic mass is 16.5. The zero-order valence-corrected chi connectivity index (χ0v) is 14.5. The summed E-state index contributed by atoms with van der Waals surface area (Å²) in [6.07, 6.45) is -0.0501. The van der Waals surface area contributed by atoms with Gasteiger partial charge in [-0.1, -0.05) is 54.6 Å². The Bertz CT molecular complexity index is 1080. The molecule has 0 unspecified atom stereocenters. The minimum atomic E-state index is -0.423. The van der Waals surface area contributed by atoms with Gasteiger partial charge in [0.25, 0.3) is 0 Å². The van der Waals surface area contributed by atoms with Crippen molar-refractivity contribution in [3.63, 3.8) is 0 Å². The summed E-state index contributed by atoms with van der Waals surface area (Å²) in [5.74, 6) is -0.451. The quantitative estimate of drug-likeness (QED) is 0.324. The first-order chi connectivity index (χ1) is 13.1. The van der Waals surface area contributed by atoms with E-state index in [0.717, 1.165) is 21.9 Å². The molecular weight excluding hydrogens is 340 g/mol. The molecule has 134 valence electrons. The van der Waals surface area contributed by atoms with Crippen molar-refractivity contribution in [1.82, 2.24) is 0 Å². The fourth-order valence-corrected chi connectivity index (χ4v) is 3.25. The molecule has 4 rings (SSSR count). The number of ether oxygens (including phenoxy) is 1. The van der Waals surface area contributed by atoms with Gasteiger partial charge >= 0.3 is 5.97 Å². The number of benzene rings is 3. The van der Waals surface area contributed by atoms with Crippen LogP contribution < -0.4 is 11.5 Å². The molecule has 1 heterocycles. The second kappa shape index (κ2) is 6.92. The van der Waals surface area contributed by atoms with Crippen molar-refractivity contribution < 1.29 is 9.53 Å². The van der Waals surface area contributed by atoms with Crippen molar-refractivity contribution in [2.24, 2.45) is 21.7 Å². The molecule has 1 aliphatic heterocycles. The Kier molecular flexibility index (Phi) is 4.30. The van der Waals surface area contributed by atoms with Crippen LogP contribution in [0.1, 0.15) is 34.0 Å². The topological polar surface area (TPSA) is 103 Å². The summed E-state index contributed by atoms with van der Waals surface area (Å²) in [7, 11) is 0. The van der Waals surface area contributed by atoms with Crippen molar-refractivity contribution in [3.8, 4) is 0 Å². The van der Waals surface area contributed by atoms with Gasteiger partial charge in [0.2, 0.25) is 5.96 Å². The first-order valence-electron chi connectivity index (χ1n) is 8.56. The molecule has 0 saturated carbocycles. The van der Waals surface area contributed by atoms with Crippen LogP contribution in [0.3, 0.4) is 0 Å². The molecule has 3 aromatic rings. The second-order valence-corrected chi connectivity index (χ2v) is 6.32. The van der Waals surface area contributed by atoms with Crippen LogP contribution in [0.4, 0.5) is 0 Å². The number of carbonyl (C=O) groups excluding carboxylic acids is 1. The van der Waals surface area contributed by atoms with Gasteiger partial charge in [-0.25, -0.2) is 4.79 Å². The van der Waals surface area contributed by atoms with Crippen molar-refractivity contribution in [1.29, 1.82) is 0 Å². The molecule has 0 aromatic heterocycles. The van der Waals surface area contributed by atoms with Crippen LogP contribution in [0.25, 0.3) is 10.8 Å². The fourth-order valence-electron chi connectivity index (χ4n) is 3.25. The predicted octanol–water partition coefficient (Wildman–Crippen LogP) is 3.12. The zero-order valence-electron chi connectivity index (χ0n) is 14.5. The first kappa shape index (κ1) is 16.8. The molecule has 27 heavy (non-hydrogen) atoms. The van der Waals surface area contributed by atoms with Crippen LogP contribution in [0, 0.1) is 0 Å². The molecule has 6 nitrogen and oxygen atoms in total. The molecule has 0 spiro atoms. The lowest BCUT2D eigenvalue weighted by Crippen LogP contribution is -2.22. The van der Waals surface area contributed by atoms with Crippen LogP contribution in [-0.2, 0) is 4.74 Å². The van der Waals surface area contributed by atoms with Crippen LogP contribution in [0.15, 0.2) is 76.9 Å². The van der Waals surface area contributed by atoms with Gasteiger partial charge in [-0.05, 0) is 28.5 Å². The molecular formula is C21H18N4O2. The summed E-state index contributed by atoms with van der Waals surface area (Å²) in [6, 6.07) is 21.4. The maximum absolute atomic E-state index is 12.1. The first-order valence-corrected chi connectivity index (χ1v) is 8.56. The number of carbonyl (C=O) groups is 1. The van der Waals surface area contributed by atoms with Gasteiger partial charge in [-0.3, -0.25) is 0 Å². The highest BCUT2D eigenvalue weighted by molar-refractivity contribution is 6.05. The Morgan fingerprint density at radius 2 is 1.67 bits per heavy atom. The minimum absolute atomic E-state index is 0.128. The van der Waals surface area contributed by atoms with Gasteiger partial charge in [-0.2, -0.15) is 5.10 Å². The van der Waals surface area contributed by atoms with E-state index in [-0.39, 0.29) is 11.9 Å². The monoisotopic (exact) mass is 358 g/mol. The number of hydrogen-bond acceptors (Lipinski definition) is 4. The number of cyclic esters (lactones) is 1. The molecule has 1 atom stereocenters. The van der Waals surface area contributed by atoms with Crippen molar-refractivity contribution in [3.05, 3.63) is 83.4 Å². The number of nitrogens with zero attached hydrogens (tertiary/aromatic N) is 2. The van der Waals surface area contributed by atoms with Crippen molar-refractivity contribution >= 4 is 28.4 Å². The summed E-state index contributed by atoms with van der Waals surface area (Å²) in [5, 5.41) is 10.2. The molecule has 4 N–H and O–H groups in total. The third kappa shape index (κ3) is 3.37. The van der Waals surface area contributed by atoms with Gasteiger partial charge in [0.1, 0.15) is 6.10 Å². The predicted molar refractivity (Wildman–Crippen MR) is 106 cm³/mol. The Labute approximate surface area is 156 Å². The number of fused-ring (bicyclic) bond motifs is 2. The Hall–Kier alpha value is -3.67. The van der Waals surface area contributed by atoms with Crippen molar-refractivity contribution in [2.45, 2.75) is 12.5 Å². The van der Waals surface area contributed by atoms with Crippen molar-refractivity contribution in [2.75, 3.05) is 0 Å². The zero-order chi connectivity index (χ0) is 18.8. The molecule has 6 heteroatoms. The molecule has 0 fully saturated rings. The molecule has 3 aromatic carbocycles. The maximum atomic E-state index is 12.1. The Morgan fingerprint density at radius 1 is 0.926 bits per heavy atom. The van der Waals surface area contributed by atoms with Crippen LogP contribution >= 0.6 is 0 Å². The van der Waals surface area contributed by atoms with E-state index in [1.807, 2.05) is 60.7 Å². The SMILES string of the molecule is NC(N)=N/N=C(\C[C@H]1OC(=O)c2ccccc21)c1ccc2ccccc2c1. The number of nitrogens with two attached hydrogens (primary N) is 2. The van der Waals surface area contributed by atoms with E-state index in [1.165, 1.54) is 0 Å². The smallest absolute Gasteiger partial charge is 0.339 e. The number of rotatable bonds is 4. The van der Waals surface area contributed by atoms with Crippen LogP contribution in [-0.4, -0.2) is 17.6 Å². The summed E-state index contributed by atoms with van der Waals surface area (Å²) < 4.78 is 5.55. The van der Waals surface area contributed by atoms with Gasteiger partial charge in [0, 0.05) is 12.0 Å². The van der Waals surface area contributed by atoms with Gasteiger partial charge in [0.05, 0.1) is 11.3 Å². The van der Waals surface area contributed by atoms with E-state index >= 15 is 0 Å². The van der Waals surface area contributed by atoms with Crippen LogP contribution in [0.2, 0.25) is 0 Å². The molecule has 0 radical (unpaired) electrons. The average Bonchev–Trinajstić information content (AvgIpc) is 3.00. The molecule has 1 aliphatic rings. The standard InChI is InChI=1S/C21H18N4O2/c22-21(23)25-24-18(15-10-9-13-5-1-2-6-14(13)11-15)12-19-16-7-3-4-8-17(16)20(26)27-19/h1-11,19H,12H2,(H4,22,23,25)/b24-18+/t19-/m1/s1. The van der Waals surface area contributed by atoms with Gasteiger partial charge < -0.3 is 16.2 Å². The lowest BCUT2D eigenvalue weighted by atomic mass is 9.96. The highest BCUT2D eigenvalue weighted by Crippen LogP contribution is 2.34. The average molecular weight is 358 g/mol. The van der Waals surface area contributed by atoms with Crippen LogP contribution in [0.5, 0.6) is 0 Å². The van der Waals surface area contributed by atoms with Gasteiger partial charge in [0.15, 0.2) is 0 Å². The summed E-state index contributed by atoms with van der Waals surface area (Å²) in [6.45, 7) is 0. The number of hydrogen-bond donors (Lipinski definition) is 2. The minimum Gasteiger partial charge on any atom is -0.453 e. The molecule has 0 amide bonds. The van der Waals surface area contributed by atoms with E-state index in [1.54, 1.807) is 6.07 Å². The second-order valence-electron chi connectivity index (χ2n) is 6.32. The largest absolute Gasteiger partial charge is 0.453 e. The van der Waals surface area contributed by atoms with E-state index < -0.39 is 6.10 Å². The van der Waals surface area contributed by atoms with E-state index in [9.17, 15) is 4.79 Å².